The molecule has 0 aliphatic heterocycles. The van der Waals surface area contributed by atoms with Crippen molar-refractivity contribution in [1.29, 1.82) is 0 Å². The molecule has 0 saturated heterocycles. The zero-order valence-electron chi connectivity index (χ0n) is 25.5. The first-order valence-electron chi connectivity index (χ1n) is 14.7. The van der Waals surface area contributed by atoms with Crippen LogP contribution in [0.25, 0.3) is 0 Å². The maximum Gasteiger partial charge on any atom is 0.409 e. The second-order valence-electron chi connectivity index (χ2n) is 10.9. The maximum atomic E-state index is 13.1. The zero-order valence-corrected chi connectivity index (χ0v) is 26.3. The van der Waals surface area contributed by atoms with Crippen LogP contribution in [0, 0.1) is 0 Å². The number of ether oxygens (including phenoxy) is 2. The largest absolute Gasteiger partial charge is 0.445 e. The molecule has 3 unspecified atom stereocenters. The molecule has 0 aromatic heterocycles. The van der Waals surface area contributed by atoms with Crippen molar-refractivity contribution in [3.63, 3.8) is 0 Å². The van der Waals surface area contributed by atoms with E-state index in [1.165, 1.54) is 0 Å². The molecule has 0 fully saturated rings. The van der Waals surface area contributed by atoms with Gasteiger partial charge in [0.1, 0.15) is 19.3 Å². The molecule has 0 spiro atoms. The van der Waals surface area contributed by atoms with E-state index in [0.29, 0.717) is 11.1 Å². The number of benzene rings is 4. The first-order valence-corrected chi connectivity index (χ1v) is 16.5. The summed E-state index contributed by atoms with van der Waals surface area (Å²) in [6, 6.07) is 35.3. The average molecular weight is 647 g/mol. The van der Waals surface area contributed by atoms with Gasteiger partial charge >= 0.3 is 12.2 Å². The molecule has 0 saturated carbocycles. The highest BCUT2D eigenvalue weighted by Crippen LogP contribution is 2.25. The quantitative estimate of drug-likeness (QED) is 0.120. The molecule has 4 rings (SSSR count). The van der Waals surface area contributed by atoms with Crippen molar-refractivity contribution in [2.45, 2.75) is 50.3 Å². The Morgan fingerprint density at radius 2 is 1.13 bits per heavy atom. The van der Waals surface area contributed by atoms with Gasteiger partial charge in [-0.1, -0.05) is 121 Å². The smallest absolute Gasteiger partial charge is 0.409 e. The molecule has 0 radical (unpaired) electrons. The Morgan fingerprint density at radius 3 is 1.61 bits per heavy atom. The van der Waals surface area contributed by atoms with Crippen LogP contribution in [0.4, 0.5) is 9.59 Å². The lowest BCUT2D eigenvalue weighted by Gasteiger charge is -2.37. The Balaban J connectivity index is 1.61. The van der Waals surface area contributed by atoms with E-state index in [-0.39, 0.29) is 32.5 Å². The summed E-state index contributed by atoms with van der Waals surface area (Å²) in [5.74, 6) is 0. The van der Waals surface area contributed by atoms with Crippen molar-refractivity contribution in [2.24, 2.45) is 0 Å². The van der Waals surface area contributed by atoms with Gasteiger partial charge in [-0.15, -0.1) is 0 Å². The minimum Gasteiger partial charge on any atom is -0.445 e. The molecule has 0 aliphatic carbocycles. The molecular weight excluding hydrogens is 608 g/mol. The fourth-order valence-electron chi connectivity index (χ4n) is 4.89. The van der Waals surface area contributed by atoms with E-state index in [4.69, 9.17) is 13.7 Å². The standard InChI is InChI=1S/C35H38N2O8S/c1-46(41,42)45-32(23-31(22-27-14-6-2-7-15-27)36-33(38)43-25-29-18-10-4-11-19-29)35(40,24-28-16-8-3-9-17-28)37-34(39)44-26-30-20-12-5-13-21-30/h2-21,31-32,40H,22-26H2,1H3,(H,36,38)(H,37,39). The van der Waals surface area contributed by atoms with Gasteiger partial charge in [0.25, 0.3) is 10.1 Å². The first kappa shape index (κ1) is 34.2. The number of amides is 2. The third-order valence-corrected chi connectivity index (χ3v) is 7.61. The summed E-state index contributed by atoms with van der Waals surface area (Å²) in [6.45, 7) is -0.0715. The molecule has 3 atom stereocenters. The van der Waals surface area contributed by atoms with Crippen molar-refractivity contribution < 1.29 is 36.8 Å². The topological polar surface area (TPSA) is 140 Å². The number of rotatable bonds is 15. The summed E-state index contributed by atoms with van der Waals surface area (Å²) in [4.78, 5) is 26.1. The number of carbonyl (C=O) groups excluding carboxylic acids is 2. The van der Waals surface area contributed by atoms with E-state index in [9.17, 15) is 23.1 Å². The van der Waals surface area contributed by atoms with Gasteiger partial charge in [-0.2, -0.15) is 8.42 Å². The van der Waals surface area contributed by atoms with Crippen LogP contribution in [-0.4, -0.2) is 49.8 Å². The molecular formula is C35H38N2O8S. The molecule has 242 valence electrons. The van der Waals surface area contributed by atoms with E-state index in [2.05, 4.69) is 10.6 Å². The number of hydrogen-bond acceptors (Lipinski definition) is 8. The number of aliphatic hydroxyl groups is 1. The van der Waals surface area contributed by atoms with Crippen molar-refractivity contribution in [3.05, 3.63) is 144 Å². The van der Waals surface area contributed by atoms with Gasteiger partial charge in [0.05, 0.1) is 6.26 Å². The highest BCUT2D eigenvalue weighted by molar-refractivity contribution is 7.86. The summed E-state index contributed by atoms with van der Waals surface area (Å²) >= 11 is 0. The van der Waals surface area contributed by atoms with Crippen LogP contribution in [0.2, 0.25) is 0 Å². The van der Waals surface area contributed by atoms with E-state index in [0.717, 1.165) is 17.4 Å². The fraction of sp³-hybridized carbons (Fsp3) is 0.257. The van der Waals surface area contributed by atoms with Crippen LogP contribution >= 0.6 is 0 Å². The predicted octanol–water partition coefficient (Wildman–Crippen LogP) is 5.12. The molecule has 46 heavy (non-hydrogen) atoms. The number of nitrogens with one attached hydrogen (secondary N) is 2. The minimum absolute atomic E-state index is 0.0146. The van der Waals surface area contributed by atoms with E-state index in [1.807, 2.05) is 66.7 Å². The van der Waals surface area contributed by atoms with Crippen LogP contribution in [0.3, 0.4) is 0 Å². The molecule has 0 bridgehead atoms. The van der Waals surface area contributed by atoms with Gasteiger partial charge in [-0.3, -0.25) is 9.50 Å². The summed E-state index contributed by atoms with van der Waals surface area (Å²) in [7, 11) is -4.18. The Kier molecular flexibility index (Phi) is 12.3. The second-order valence-corrected chi connectivity index (χ2v) is 12.5. The third kappa shape index (κ3) is 11.7. The fourth-order valence-corrected chi connectivity index (χ4v) is 5.55. The van der Waals surface area contributed by atoms with Gasteiger partial charge in [-0.05, 0) is 28.7 Å². The SMILES string of the molecule is CS(=O)(=O)OC(CC(Cc1ccccc1)NC(=O)OCc1ccccc1)C(O)(Cc1ccccc1)NC(=O)OCc1ccccc1. The number of hydrogen-bond donors (Lipinski definition) is 3. The van der Waals surface area contributed by atoms with Gasteiger partial charge in [0, 0.05) is 18.9 Å². The molecule has 4 aromatic rings. The first-order chi connectivity index (χ1) is 22.1. The summed E-state index contributed by atoms with van der Waals surface area (Å²) < 4.78 is 41.4. The van der Waals surface area contributed by atoms with Crippen LogP contribution in [0.5, 0.6) is 0 Å². The van der Waals surface area contributed by atoms with E-state index < -0.39 is 40.2 Å². The Hall–Kier alpha value is -4.71. The lowest BCUT2D eigenvalue weighted by Crippen LogP contribution is -2.61. The van der Waals surface area contributed by atoms with Gasteiger partial charge < -0.3 is 19.9 Å². The van der Waals surface area contributed by atoms with Crippen molar-refractivity contribution in [1.82, 2.24) is 10.6 Å². The zero-order chi connectivity index (χ0) is 32.8. The van der Waals surface area contributed by atoms with Crippen molar-refractivity contribution >= 4 is 22.3 Å². The molecule has 10 nitrogen and oxygen atoms in total. The van der Waals surface area contributed by atoms with Crippen LogP contribution in [0.1, 0.15) is 28.7 Å². The van der Waals surface area contributed by atoms with Crippen LogP contribution < -0.4 is 10.6 Å². The van der Waals surface area contributed by atoms with Crippen molar-refractivity contribution in [3.8, 4) is 0 Å². The second kappa shape index (κ2) is 16.6. The highest BCUT2D eigenvalue weighted by Gasteiger charge is 2.43. The maximum absolute atomic E-state index is 13.1. The Bertz CT molecular complexity index is 1620. The summed E-state index contributed by atoms with van der Waals surface area (Å²) in [5, 5.41) is 17.4. The normalized spacial score (nSPS) is 13.9. The minimum atomic E-state index is -4.18. The van der Waals surface area contributed by atoms with Gasteiger partial charge in [0.2, 0.25) is 0 Å². The van der Waals surface area contributed by atoms with E-state index >= 15 is 0 Å². The number of carbonyl (C=O) groups is 2. The van der Waals surface area contributed by atoms with Crippen molar-refractivity contribution in [2.75, 3.05) is 6.26 Å². The summed E-state index contributed by atoms with van der Waals surface area (Å²) in [5.41, 5.74) is 0.629. The Morgan fingerprint density at radius 1 is 0.696 bits per heavy atom. The molecule has 0 heterocycles. The molecule has 2 amide bonds. The monoisotopic (exact) mass is 646 g/mol. The lowest BCUT2D eigenvalue weighted by atomic mass is 9.91. The molecule has 11 heteroatoms. The van der Waals surface area contributed by atoms with Gasteiger partial charge in [-0.25, -0.2) is 9.59 Å². The van der Waals surface area contributed by atoms with Crippen LogP contribution in [-0.2, 0) is 49.8 Å². The predicted molar refractivity (Wildman–Crippen MR) is 173 cm³/mol. The highest BCUT2D eigenvalue weighted by atomic mass is 32.2. The average Bonchev–Trinajstić information content (AvgIpc) is 3.04. The van der Waals surface area contributed by atoms with Crippen LogP contribution in [0.15, 0.2) is 121 Å². The Labute approximate surface area is 269 Å². The lowest BCUT2D eigenvalue weighted by molar-refractivity contribution is -0.0865. The summed E-state index contributed by atoms with van der Waals surface area (Å²) in [6.07, 6.45) is -2.66. The van der Waals surface area contributed by atoms with Gasteiger partial charge in [0.15, 0.2) is 5.72 Å². The molecule has 0 aliphatic rings. The third-order valence-electron chi connectivity index (χ3n) is 7.03. The number of alkyl carbamates (subject to hydrolysis) is 2. The molecule has 4 aromatic carbocycles. The van der Waals surface area contributed by atoms with E-state index in [1.54, 1.807) is 54.6 Å². The molecule has 3 N–H and O–H groups in total.